The maximum Gasteiger partial charge on any atom is 0.315 e. The van der Waals surface area contributed by atoms with Crippen LogP contribution in [0.2, 0.25) is 0 Å². The van der Waals surface area contributed by atoms with Gasteiger partial charge in [0.25, 0.3) is 11.6 Å². The van der Waals surface area contributed by atoms with E-state index in [1.165, 1.54) is 19.1 Å². The van der Waals surface area contributed by atoms with Gasteiger partial charge in [0.2, 0.25) is 0 Å². The third-order valence-corrected chi connectivity index (χ3v) is 4.77. The zero-order chi connectivity index (χ0) is 17.4. The summed E-state index contributed by atoms with van der Waals surface area (Å²) in [6.07, 6.45) is 0.243. The fourth-order valence-corrected chi connectivity index (χ4v) is 2.69. The van der Waals surface area contributed by atoms with Crippen LogP contribution in [-0.2, 0) is 14.3 Å². The molecule has 1 amide bonds. The number of hydrogen-bond donors (Lipinski definition) is 1. The molecule has 1 aliphatic carbocycles. The number of rotatable bonds is 5. The van der Waals surface area contributed by atoms with Crippen LogP contribution in [0.4, 0.5) is 11.4 Å². The Morgan fingerprint density at radius 3 is 2.57 bits per heavy atom. The van der Waals surface area contributed by atoms with Gasteiger partial charge in [-0.1, -0.05) is 6.07 Å². The molecule has 2 rings (SSSR count). The van der Waals surface area contributed by atoms with Crippen LogP contribution in [-0.4, -0.2) is 27.7 Å². The van der Waals surface area contributed by atoms with Crippen molar-refractivity contribution in [2.24, 2.45) is 5.41 Å². The molecular formula is C14H14Cl2N2O5. The summed E-state index contributed by atoms with van der Waals surface area (Å²) in [6, 6.07) is 4.37. The van der Waals surface area contributed by atoms with E-state index in [-0.39, 0.29) is 17.8 Å². The second-order valence-corrected chi connectivity index (χ2v) is 7.10. The quantitative estimate of drug-likeness (QED) is 0.376. The standard InChI is InChI=1S/C14H14Cl2N2O5/c1-8-3-4-9(10(5-8)18(21)22)17-11(19)6-23-12(20)13(2)7-14(13,15)16/h3-5H,6-7H2,1-2H3,(H,17,19)/t13-/m1/s1. The van der Waals surface area contributed by atoms with Crippen LogP contribution in [0.1, 0.15) is 18.9 Å². The smallest absolute Gasteiger partial charge is 0.315 e. The lowest BCUT2D eigenvalue weighted by Gasteiger charge is -2.12. The number of nitro groups is 1. The minimum Gasteiger partial charge on any atom is -0.455 e. The van der Waals surface area contributed by atoms with Crippen molar-refractivity contribution in [3.8, 4) is 0 Å². The molecular weight excluding hydrogens is 347 g/mol. The Labute approximate surface area is 142 Å². The highest BCUT2D eigenvalue weighted by molar-refractivity contribution is 6.53. The number of halogens is 2. The summed E-state index contributed by atoms with van der Waals surface area (Å²) in [6.45, 7) is 2.66. The fraction of sp³-hybridized carbons (Fsp3) is 0.429. The predicted octanol–water partition coefficient (Wildman–Crippen LogP) is 2.97. The highest BCUT2D eigenvalue weighted by Gasteiger charge is 2.69. The van der Waals surface area contributed by atoms with Crippen molar-refractivity contribution in [2.45, 2.75) is 24.6 Å². The molecule has 1 N–H and O–H groups in total. The van der Waals surface area contributed by atoms with Gasteiger partial charge in [-0.2, -0.15) is 0 Å². The SMILES string of the molecule is Cc1ccc(NC(=O)COC(=O)[C@@]2(C)CC2(Cl)Cl)c([N+](=O)[O-])c1. The lowest BCUT2D eigenvalue weighted by Crippen LogP contribution is -2.27. The topological polar surface area (TPSA) is 98.5 Å². The highest BCUT2D eigenvalue weighted by Crippen LogP contribution is 2.64. The maximum absolute atomic E-state index is 11.8. The Morgan fingerprint density at radius 1 is 1.43 bits per heavy atom. The van der Waals surface area contributed by atoms with E-state index in [2.05, 4.69) is 5.32 Å². The second kappa shape index (κ2) is 5.98. The van der Waals surface area contributed by atoms with Gasteiger partial charge < -0.3 is 10.1 Å². The van der Waals surface area contributed by atoms with Crippen LogP contribution in [0.3, 0.4) is 0 Å². The summed E-state index contributed by atoms with van der Waals surface area (Å²) in [7, 11) is 0. The van der Waals surface area contributed by atoms with Gasteiger partial charge in [0, 0.05) is 12.5 Å². The number of amides is 1. The molecule has 1 aromatic carbocycles. The summed E-state index contributed by atoms with van der Waals surface area (Å²) >= 11 is 11.7. The number of nitrogens with zero attached hydrogens (tertiary/aromatic N) is 1. The predicted molar refractivity (Wildman–Crippen MR) is 84.6 cm³/mol. The van der Waals surface area contributed by atoms with Gasteiger partial charge in [0.1, 0.15) is 15.4 Å². The van der Waals surface area contributed by atoms with Crippen LogP contribution in [0.25, 0.3) is 0 Å². The number of carbonyl (C=O) groups excluding carboxylic acids is 2. The lowest BCUT2D eigenvalue weighted by molar-refractivity contribution is -0.384. The summed E-state index contributed by atoms with van der Waals surface area (Å²) < 4.78 is 3.69. The molecule has 1 aromatic rings. The monoisotopic (exact) mass is 360 g/mol. The van der Waals surface area contributed by atoms with Crippen molar-refractivity contribution in [3.63, 3.8) is 0 Å². The first-order valence-electron chi connectivity index (χ1n) is 6.67. The van der Waals surface area contributed by atoms with E-state index in [0.717, 1.165) is 0 Å². The number of aryl methyl sites for hydroxylation is 1. The average Bonchev–Trinajstić information content (AvgIpc) is 2.98. The zero-order valence-electron chi connectivity index (χ0n) is 12.4. The van der Waals surface area contributed by atoms with Crippen molar-refractivity contribution in [1.82, 2.24) is 0 Å². The van der Waals surface area contributed by atoms with Gasteiger partial charge in [-0.05, 0) is 25.5 Å². The number of nitrogens with one attached hydrogen (secondary N) is 1. The minimum absolute atomic E-state index is 0.0308. The Morgan fingerprint density at radius 2 is 2.04 bits per heavy atom. The van der Waals surface area contributed by atoms with Crippen LogP contribution in [0, 0.1) is 22.5 Å². The molecule has 1 saturated carbocycles. The van der Waals surface area contributed by atoms with E-state index in [4.69, 9.17) is 27.9 Å². The van der Waals surface area contributed by atoms with Gasteiger partial charge >= 0.3 is 5.97 Å². The number of anilines is 1. The fourth-order valence-electron chi connectivity index (χ4n) is 2.00. The van der Waals surface area contributed by atoms with Crippen LogP contribution in [0.15, 0.2) is 18.2 Å². The molecule has 0 unspecified atom stereocenters. The van der Waals surface area contributed by atoms with Gasteiger partial charge in [0.05, 0.1) is 4.92 Å². The molecule has 1 fully saturated rings. The zero-order valence-corrected chi connectivity index (χ0v) is 13.9. The Hall–Kier alpha value is -1.86. The molecule has 0 heterocycles. The molecule has 7 nitrogen and oxygen atoms in total. The number of benzene rings is 1. The van der Waals surface area contributed by atoms with E-state index in [1.807, 2.05) is 0 Å². The van der Waals surface area contributed by atoms with E-state index in [9.17, 15) is 19.7 Å². The molecule has 0 radical (unpaired) electrons. The molecule has 1 atom stereocenters. The summed E-state index contributed by atoms with van der Waals surface area (Å²) in [4.78, 5) is 34.0. The lowest BCUT2D eigenvalue weighted by atomic mass is 10.1. The molecule has 0 aliphatic heterocycles. The summed E-state index contributed by atoms with van der Waals surface area (Å²) in [5.41, 5.74) is -0.558. The van der Waals surface area contributed by atoms with Crippen molar-refractivity contribution in [2.75, 3.05) is 11.9 Å². The molecule has 0 aromatic heterocycles. The maximum atomic E-state index is 11.8. The number of nitro benzene ring substituents is 1. The van der Waals surface area contributed by atoms with Crippen molar-refractivity contribution in [1.29, 1.82) is 0 Å². The number of carbonyl (C=O) groups is 2. The molecule has 1 aliphatic rings. The van der Waals surface area contributed by atoms with Crippen LogP contribution < -0.4 is 5.32 Å². The molecule has 0 bridgehead atoms. The number of alkyl halides is 2. The Bertz CT molecular complexity index is 692. The minimum atomic E-state index is -1.18. The number of esters is 1. The normalized spacial score (nSPS) is 21.4. The third kappa shape index (κ3) is 3.56. The number of hydrogen-bond acceptors (Lipinski definition) is 5. The first-order valence-corrected chi connectivity index (χ1v) is 7.42. The van der Waals surface area contributed by atoms with E-state index in [1.54, 1.807) is 13.0 Å². The van der Waals surface area contributed by atoms with Gasteiger partial charge in [-0.3, -0.25) is 19.7 Å². The summed E-state index contributed by atoms with van der Waals surface area (Å²) in [5, 5.41) is 13.3. The van der Waals surface area contributed by atoms with Gasteiger partial charge in [0.15, 0.2) is 6.61 Å². The van der Waals surface area contributed by atoms with Crippen LogP contribution >= 0.6 is 23.2 Å². The van der Waals surface area contributed by atoms with Gasteiger partial charge in [-0.15, -0.1) is 23.2 Å². The number of ether oxygens (including phenoxy) is 1. The third-order valence-electron chi connectivity index (χ3n) is 3.67. The molecule has 9 heteroatoms. The van der Waals surface area contributed by atoms with E-state index in [0.29, 0.717) is 5.56 Å². The second-order valence-electron chi connectivity index (χ2n) is 5.62. The molecule has 124 valence electrons. The van der Waals surface area contributed by atoms with Crippen molar-refractivity contribution >= 4 is 46.5 Å². The van der Waals surface area contributed by atoms with Crippen LogP contribution in [0.5, 0.6) is 0 Å². The van der Waals surface area contributed by atoms with E-state index < -0.39 is 33.2 Å². The largest absolute Gasteiger partial charge is 0.455 e. The first kappa shape index (κ1) is 17.5. The van der Waals surface area contributed by atoms with Crippen molar-refractivity contribution < 1.29 is 19.2 Å². The van der Waals surface area contributed by atoms with E-state index >= 15 is 0 Å². The molecule has 23 heavy (non-hydrogen) atoms. The average molecular weight is 361 g/mol. The summed E-state index contributed by atoms with van der Waals surface area (Å²) in [5.74, 6) is -1.37. The van der Waals surface area contributed by atoms with Crippen molar-refractivity contribution in [3.05, 3.63) is 33.9 Å². The first-order chi connectivity index (χ1) is 10.6. The molecule has 0 saturated heterocycles. The molecule has 0 spiro atoms. The van der Waals surface area contributed by atoms with Gasteiger partial charge in [-0.25, -0.2) is 0 Å². The Balaban J connectivity index is 1.96. The Kier molecular flexibility index (Phi) is 4.54. The highest BCUT2D eigenvalue weighted by atomic mass is 35.5.